The molecule has 0 N–H and O–H groups in total. The zero-order chi connectivity index (χ0) is 35.3. The van der Waals surface area contributed by atoms with Gasteiger partial charge in [0.25, 0.3) is 0 Å². The SMILES string of the molecule is c1ccc(-n2c3ccccc3c3ccc(N(c4cc5c6c(c4)Oc4ccccc4N6c4ccccc4O5)c4cccc5sc6ccccc6c45)cc32)cc1. The Morgan fingerprint density at radius 3 is 1.85 bits per heavy atom. The van der Waals surface area contributed by atoms with Gasteiger partial charge in [0, 0.05) is 54.5 Å². The molecule has 0 fully saturated rings. The smallest absolute Gasteiger partial charge is 0.157 e. The number of ether oxygens (including phenoxy) is 2. The van der Waals surface area contributed by atoms with Gasteiger partial charge in [0.1, 0.15) is 5.69 Å². The van der Waals surface area contributed by atoms with Gasteiger partial charge in [0.05, 0.1) is 33.8 Å². The predicted octanol–water partition coefficient (Wildman–Crippen LogP) is 14.3. The van der Waals surface area contributed by atoms with Crippen LogP contribution >= 0.6 is 11.3 Å². The minimum atomic E-state index is 0.738. The van der Waals surface area contributed by atoms with E-state index in [1.54, 1.807) is 0 Å². The molecule has 0 bridgehead atoms. The second-order valence-corrected chi connectivity index (χ2v) is 14.8. The molecule has 0 aliphatic carbocycles. The molecular formula is C48H29N3O2S. The Hall–Kier alpha value is -7.02. The van der Waals surface area contributed by atoms with Crippen molar-refractivity contribution in [2.24, 2.45) is 0 Å². The summed E-state index contributed by atoms with van der Waals surface area (Å²) in [5.74, 6) is 3.08. The van der Waals surface area contributed by atoms with E-state index in [1.807, 2.05) is 35.6 Å². The van der Waals surface area contributed by atoms with Gasteiger partial charge >= 0.3 is 0 Å². The molecule has 2 aliphatic rings. The van der Waals surface area contributed by atoms with Crippen LogP contribution in [-0.2, 0) is 0 Å². The third-order valence-corrected chi connectivity index (χ3v) is 11.8. The highest BCUT2D eigenvalue weighted by molar-refractivity contribution is 7.26. The van der Waals surface area contributed by atoms with Crippen LogP contribution in [0.2, 0.25) is 0 Å². The van der Waals surface area contributed by atoms with Gasteiger partial charge in [0.15, 0.2) is 23.0 Å². The average molecular weight is 712 g/mol. The summed E-state index contributed by atoms with van der Waals surface area (Å²) in [6.45, 7) is 0. The van der Waals surface area contributed by atoms with Gasteiger partial charge in [-0.15, -0.1) is 11.3 Å². The van der Waals surface area contributed by atoms with Crippen molar-refractivity contribution in [2.45, 2.75) is 0 Å². The van der Waals surface area contributed by atoms with Crippen molar-refractivity contribution < 1.29 is 9.47 Å². The Balaban J connectivity index is 1.16. The van der Waals surface area contributed by atoms with E-state index in [0.29, 0.717) is 0 Å². The summed E-state index contributed by atoms with van der Waals surface area (Å²) in [5, 5.41) is 4.87. The molecule has 254 valence electrons. The lowest BCUT2D eigenvalue weighted by atomic mass is 10.0. The summed E-state index contributed by atoms with van der Waals surface area (Å²) in [6, 6.07) is 62.3. The number of hydrogen-bond donors (Lipinski definition) is 0. The van der Waals surface area contributed by atoms with E-state index < -0.39 is 0 Å². The summed E-state index contributed by atoms with van der Waals surface area (Å²) < 4.78 is 18.4. The summed E-state index contributed by atoms with van der Waals surface area (Å²) in [7, 11) is 0. The first-order valence-electron chi connectivity index (χ1n) is 18.1. The van der Waals surface area contributed by atoms with Crippen LogP contribution in [0.1, 0.15) is 0 Å². The van der Waals surface area contributed by atoms with Crippen molar-refractivity contribution in [3.63, 3.8) is 0 Å². The number of fused-ring (bicyclic) bond motifs is 10. The molecule has 0 saturated carbocycles. The van der Waals surface area contributed by atoms with Crippen LogP contribution < -0.4 is 19.3 Å². The Bertz CT molecular complexity index is 3080. The number of thiophene rings is 1. The quantitative estimate of drug-likeness (QED) is 0.182. The van der Waals surface area contributed by atoms with Gasteiger partial charge in [0.2, 0.25) is 0 Å². The third-order valence-electron chi connectivity index (χ3n) is 10.7. The van der Waals surface area contributed by atoms with Crippen molar-refractivity contribution in [2.75, 3.05) is 9.80 Å². The molecule has 12 rings (SSSR count). The molecular weight excluding hydrogens is 683 g/mol. The van der Waals surface area contributed by atoms with Gasteiger partial charge in [-0.2, -0.15) is 0 Å². The number of hydrogen-bond acceptors (Lipinski definition) is 5. The van der Waals surface area contributed by atoms with Crippen LogP contribution in [0.4, 0.5) is 34.1 Å². The molecule has 54 heavy (non-hydrogen) atoms. The van der Waals surface area contributed by atoms with Crippen molar-refractivity contribution in [1.29, 1.82) is 0 Å². The monoisotopic (exact) mass is 711 g/mol. The van der Waals surface area contributed by atoms with E-state index in [-0.39, 0.29) is 0 Å². The summed E-state index contributed by atoms with van der Waals surface area (Å²) in [6.07, 6.45) is 0. The zero-order valence-corrected chi connectivity index (χ0v) is 29.6. The van der Waals surface area contributed by atoms with Gasteiger partial charge in [-0.05, 0) is 72.8 Å². The van der Waals surface area contributed by atoms with Crippen molar-refractivity contribution in [3.05, 3.63) is 176 Å². The largest absolute Gasteiger partial charge is 0.453 e. The normalized spacial score (nSPS) is 12.7. The molecule has 0 saturated heterocycles. The lowest BCUT2D eigenvalue weighted by molar-refractivity contribution is 0.446. The maximum atomic E-state index is 6.78. The maximum absolute atomic E-state index is 6.78. The Morgan fingerprint density at radius 1 is 0.444 bits per heavy atom. The molecule has 6 heteroatoms. The lowest BCUT2D eigenvalue weighted by Gasteiger charge is -2.38. The van der Waals surface area contributed by atoms with Crippen LogP contribution in [0.25, 0.3) is 47.7 Å². The van der Waals surface area contributed by atoms with E-state index in [9.17, 15) is 0 Å². The zero-order valence-electron chi connectivity index (χ0n) is 28.8. The predicted molar refractivity (Wildman–Crippen MR) is 223 cm³/mol. The Kier molecular flexibility index (Phi) is 6.15. The van der Waals surface area contributed by atoms with Crippen LogP contribution in [0.15, 0.2) is 176 Å². The minimum absolute atomic E-state index is 0.738. The molecule has 8 aromatic carbocycles. The van der Waals surface area contributed by atoms with Crippen LogP contribution in [-0.4, -0.2) is 4.57 Å². The molecule has 0 amide bonds. The van der Waals surface area contributed by atoms with Gasteiger partial charge in [-0.3, -0.25) is 4.90 Å². The standard InChI is InChI=1S/C48H29N3O2S/c1-2-13-30(14-3-1)50-36-17-6-4-15-33(36)34-26-25-31(27-40(34)50)49(39-20-12-24-46-47(39)35-16-5-11-23-45(35)54-46)32-28-43-48-44(29-32)53-42-22-10-8-19-38(42)51(48)37-18-7-9-21-41(37)52-43/h1-29H. The molecule has 0 radical (unpaired) electrons. The fourth-order valence-electron chi connectivity index (χ4n) is 8.46. The molecule has 0 atom stereocenters. The van der Waals surface area contributed by atoms with E-state index in [0.717, 1.165) is 68.3 Å². The molecule has 0 unspecified atom stereocenters. The highest BCUT2D eigenvalue weighted by Gasteiger charge is 2.36. The molecule has 5 nitrogen and oxygen atoms in total. The van der Waals surface area contributed by atoms with Crippen LogP contribution in [0.5, 0.6) is 23.0 Å². The molecule has 2 aliphatic heterocycles. The van der Waals surface area contributed by atoms with Gasteiger partial charge in [-0.25, -0.2) is 0 Å². The van der Waals surface area contributed by atoms with Crippen molar-refractivity contribution in [1.82, 2.24) is 4.57 Å². The van der Waals surface area contributed by atoms with Crippen LogP contribution in [0, 0.1) is 0 Å². The van der Waals surface area contributed by atoms with Crippen molar-refractivity contribution >= 4 is 87.4 Å². The van der Waals surface area contributed by atoms with E-state index in [2.05, 4.69) is 166 Å². The fraction of sp³-hybridized carbons (Fsp3) is 0. The lowest BCUT2D eigenvalue weighted by Crippen LogP contribution is -2.21. The summed E-state index contributed by atoms with van der Waals surface area (Å²) >= 11 is 1.83. The van der Waals surface area contributed by atoms with E-state index in [1.165, 1.54) is 36.5 Å². The van der Waals surface area contributed by atoms with E-state index >= 15 is 0 Å². The van der Waals surface area contributed by atoms with Crippen LogP contribution in [0.3, 0.4) is 0 Å². The first kappa shape index (κ1) is 29.5. The topological polar surface area (TPSA) is 29.9 Å². The van der Waals surface area contributed by atoms with Gasteiger partial charge in [-0.1, -0.05) is 91.0 Å². The summed E-state index contributed by atoms with van der Waals surface area (Å²) in [5.41, 5.74) is 9.35. The number of aromatic nitrogens is 1. The Labute approximate surface area is 314 Å². The Morgan fingerprint density at radius 2 is 1.07 bits per heavy atom. The first-order chi connectivity index (χ1) is 26.8. The van der Waals surface area contributed by atoms with Gasteiger partial charge < -0.3 is 18.9 Å². The molecule has 10 aromatic rings. The fourth-order valence-corrected chi connectivity index (χ4v) is 9.59. The highest BCUT2D eigenvalue weighted by atomic mass is 32.1. The molecule has 4 heterocycles. The third kappa shape index (κ3) is 4.20. The van der Waals surface area contributed by atoms with E-state index in [4.69, 9.17) is 9.47 Å². The minimum Gasteiger partial charge on any atom is -0.453 e. The molecule has 0 spiro atoms. The number of rotatable bonds is 4. The summed E-state index contributed by atoms with van der Waals surface area (Å²) in [4.78, 5) is 4.65. The van der Waals surface area contributed by atoms with Crippen molar-refractivity contribution in [3.8, 4) is 28.7 Å². The molecule has 2 aromatic heterocycles. The number of nitrogens with zero attached hydrogens (tertiary/aromatic N) is 3. The first-order valence-corrected chi connectivity index (χ1v) is 18.9. The number of para-hydroxylation sites is 6. The second-order valence-electron chi connectivity index (χ2n) is 13.7. The number of benzene rings is 8. The highest BCUT2D eigenvalue weighted by Crippen LogP contribution is 2.61. The second kappa shape index (κ2) is 11.2. The number of anilines is 6. The maximum Gasteiger partial charge on any atom is 0.157 e. The average Bonchev–Trinajstić information content (AvgIpc) is 3.77.